The Bertz CT molecular complexity index is 1630. The Morgan fingerprint density at radius 2 is 1.59 bits per heavy atom. The van der Waals surface area contributed by atoms with Crippen LogP contribution in [-0.4, -0.2) is 48.4 Å². The molecule has 5 aromatic rings. The van der Waals surface area contributed by atoms with Gasteiger partial charge in [0.05, 0.1) is 32.7 Å². The van der Waals surface area contributed by atoms with E-state index < -0.39 is 0 Å². The Balaban J connectivity index is 1.48. The van der Waals surface area contributed by atoms with Crippen LogP contribution < -0.4 is 19.5 Å². The molecule has 2 aromatic heterocycles. The van der Waals surface area contributed by atoms with Crippen molar-refractivity contribution in [2.75, 3.05) is 27.9 Å². The zero-order chi connectivity index (χ0) is 27.4. The highest BCUT2D eigenvalue weighted by Crippen LogP contribution is 2.31. The molecule has 0 unspecified atom stereocenters. The van der Waals surface area contributed by atoms with Crippen LogP contribution in [0.1, 0.15) is 16.1 Å². The van der Waals surface area contributed by atoms with Crippen LogP contribution in [0.3, 0.4) is 0 Å². The first-order valence-corrected chi connectivity index (χ1v) is 12.7. The second-order valence-corrected chi connectivity index (χ2v) is 9.17. The number of amides is 1. The number of aromatic nitrogens is 3. The van der Waals surface area contributed by atoms with Crippen LogP contribution in [-0.2, 0) is 6.42 Å². The number of ether oxygens (including phenoxy) is 3. The van der Waals surface area contributed by atoms with E-state index in [9.17, 15) is 4.79 Å². The average molecular weight is 543 g/mol. The van der Waals surface area contributed by atoms with Gasteiger partial charge in [0.1, 0.15) is 11.4 Å². The van der Waals surface area contributed by atoms with E-state index in [2.05, 4.69) is 5.32 Å². The lowest BCUT2D eigenvalue weighted by Crippen LogP contribution is -2.28. The molecule has 0 aliphatic carbocycles. The topological polar surface area (TPSA) is 87.0 Å². The molecule has 1 amide bonds. The second kappa shape index (κ2) is 11.4. The number of hydrogen-bond acceptors (Lipinski definition) is 6. The lowest BCUT2D eigenvalue weighted by atomic mass is 10.1. The van der Waals surface area contributed by atoms with Crippen LogP contribution >= 0.6 is 11.6 Å². The fourth-order valence-electron chi connectivity index (χ4n) is 4.34. The normalized spacial score (nSPS) is 10.9. The summed E-state index contributed by atoms with van der Waals surface area (Å²) >= 11 is 6.07. The minimum absolute atomic E-state index is 0.273. The third-order valence-corrected chi connectivity index (χ3v) is 6.58. The van der Waals surface area contributed by atoms with Crippen molar-refractivity contribution in [1.29, 1.82) is 0 Å². The number of nitrogens with one attached hydrogen (secondary N) is 1. The van der Waals surface area contributed by atoms with Crippen molar-refractivity contribution in [3.8, 4) is 39.8 Å². The summed E-state index contributed by atoms with van der Waals surface area (Å²) in [7, 11) is 4.80. The van der Waals surface area contributed by atoms with Crippen LogP contribution in [0, 0.1) is 0 Å². The van der Waals surface area contributed by atoms with E-state index >= 15 is 0 Å². The molecule has 0 aliphatic heterocycles. The molecule has 8 nitrogen and oxygen atoms in total. The van der Waals surface area contributed by atoms with Crippen molar-refractivity contribution >= 4 is 23.2 Å². The largest absolute Gasteiger partial charge is 0.496 e. The molecule has 5 rings (SSSR count). The molecule has 198 valence electrons. The zero-order valence-corrected chi connectivity index (χ0v) is 22.5. The van der Waals surface area contributed by atoms with E-state index in [1.807, 2.05) is 60.7 Å². The number of nitrogens with zero attached hydrogens (tertiary/aromatic N) is 3. The molecule has 0 aliphatic rings. The number of rotatable bonds is 9. The second-order valence-electron chi connectivity index (χ2n) is 8.73. The van der Waals surface area contributed by atoms with Gasteiger partial charge in [-0.1, -0.05) is 41.9 Å². The lowest BCUT2D eigenvalue weighted by molar-refractivity contribution is 0.0946. The van der Waals surface area contributed by atoms with E-state index in [-0.39, 0.29) is 5.91 Å². The minimum Gasteiger partial charge on any atom is -0.496 e. The number of para-hydroxylation sites is 1. The molecule has 0 saturated heterocycles. The molecule has 9 heteroatoms. The highest BCUT2D eigenvalue weighted by atomic mass is 35.5. The maximum Gasteiger partial charge on any atom is 0.270 e. The zero-order valence-electron chi connectivity index (χ0n) is 21.8. The van der Waals surface area contributed by atoms with E-state index in [1.165, 1.54) is 0 Å². The summed E-state index contributed by atoms with van der Waals surface area (Å²) in [6.07, 6.45) is 0.606. The first kappa shape index (κ1) is 26.1. The summed E-state index contributed by atoms with van der Waals surface area (Å²) in [6, 6.07) is 24.2. The van der Waals surface area contributed by atoms with Crippen LogP contribution in [0.15, 0.2) is 78.9 Å². The average Bonchev–Trinajstić information content (AvgIpc) is 3.41. The van der Waals surface area contributed by atoms with Gasteiger partial charge in [-0.3, -0.25) is 4.79 Å². The Morgan fingerprint density at radius 3 is 2.33 bits per heavy atom. The summed E-state index contributed by atoms with van der Waals surface area (Å²) < 4.78 is 17.8. The Hall–Kier alpha value is -4.56. The number of hydrogen-bond donors (Lipinski definition) is 1. The van der Waals surface area contributed by atoms with Gasteiger partial charge in [-0.05, 0) is 54.4 Å². The summed E-state index contributed by atoms with van der Waals surface area (Å²) in [4.78, 5) is 18.3. The van der Waals surface area contributed by atoms with Crippen molar-refractivity contribution in [1.82, 2.24) is 19.9 Å². The van der Waals surface area contributed by atoms with Gasteiger partial charge in [-0.25, -0.2) is 9.50 Å². The fourth-order valence-corrected chi connectivity index (χ4v) is 4.47. The monoisotopic (exact) mass is 542 g/mol. The quantitative estimate of drug-likeness (QED) is 0.256. The number of halogens is 1. The molecule has 2 heterocycles. The summed E-state index contributed by atoms with van der Waals surface area (Å²) in [6.45, 7) is 0.410. The van der Waals surface area contributed by atoms with Crippen LogP contribution in [0.5, 0.6) is 17.2 Å². The Kier molecular flexibility index (Phi) is 7.65. The van der Waals surface area contributed by atoms with E-state index in [0.717, 1.165) is 16.7 Å². The van der Waals surface area contributed by atoms with Crippen LogP contribution in [0.25, 0.3) is 28.2 Å². The van der Waals surface area contributed by atoms with Gasteiger partial charge in [0.2, 0.25) is 0 Å². The predicted molar refractivity (Wildman–Crippen MR) is 151 cm³/mol. The number of carbonyl (C=O) groups excluding carboxylic acids is 1. The molecule has 0 radical (unpaired) electrons. The van der Waals surface area contributed by atoms with Gasteiger partial charge in [0.25, 0.3) is 5.91 Å². The molecule has 0 fully saturated rings. The highest BCUT2D eigenvalue weighted by molar-refractivity contribution is 6.30. The SMILES string of the molecule is COc1ccc(CCNC(=O)c2cc(-c3ccccc3OC)nc3cc(-c4ccc(Cl)cc4)nn23)cc1OC. The van der Waals surface area contributed by atoms with E-state index in [0.29, 0.717) is 58.0 Å². The van der Waals surface area contributed by atoms with Crippen LogP contribution in [0.2, 0.25) is 5.02 Å². The molecular formula is C30H27ClN4O4. The highest BCUT2D eigenvalue weighted by Gasteiger charge is 2.19. The summed E-state index contributed by atoms with van der Waals surface area (Å²) in [5, 5.41) is 8.36. The van der Waals surface area contributed by atoms with Gasteiger partial charge >= 0.3 is 0 Å². The van der Waals surface area contributed by atoms with Gasteiger partial charge in [-0.15, -0.1) is 0 Å². The first-order chi connectivity index (χ1) is 19.0. The van der Waals surface area contributed by atoms with Gasteiger partial charge in [0.15, 0.2) is 17.1 Å². The standard InChI is InChI=1S/C30H27ClN4O4/c1-37-26-7-5-4-6-22(26)24-17-25(30(36)32-15-14-19-8-13-27(38-2)28(16-19)39-3)35-29(33-24)18-23(34-35)20-9-11-21(31)12-10-20/h4-13,16-18H,14-15H2,1-3H3,(H,32,36). The molecule has 0 bridgehead atoms. The van der Waals surface area contributed by atoms with Gasteiger partial charge in [0, 0.05) is 28.8 Å². The van der Waals surface area contributed by atoms with E-state index in [1.54, 1.807) is 44.0 Å². The number of methoxy groups -OCH3 is 3. The summed E-state index contributed by atoms with van der Waals surface area (Å²) in [5.74, 6) is 1.68. The minimum atomic E-state index is -0.273. The predicted octanol–water partition coefficient (Wildman–Crippen LogP) is 5.72. The molecule has 0 saturated carbocycles. The number of benzene rings is 3. The van der Waals surface area contributed by atoms with Crippen molar-refractivity contribution in [2.24, 2.45) is 0 Å². The van der Waals surface area contributed by atoms with Crippen LogP contribution in [0.4, 0.5) is 0 Å². The van der Waals surface area contributed by atoms with E-state index in [4.69, 9.17) is 35.9 Å². The molecule has 3 aromatic carbocycles. The molecule has 0 atom stereocenters. The third-order valence-electron chi connectivity index (χ3n) is 6.33. The maximum atomic E-state index is 13.5. The fraction of sp³-hybridized carbons (Fsp3) is 0.167. The van der Waals surface area contributed by atoms with Crippen molar-refractivity contribution in [2.45, 2.75) is 6.42 Å². The van der Waals surface area contributed by atoms with Crippen molar-refractivity contribution < 1.29 is 19.0 Å². The molecular weight excluding hydrogens is 516 g/mol. The smallest absolute Gasteiger partial charge is 0.270 e. The lowest BCUT2D eigenvalue weighted by Gasteiger charge is -2.12. The summed E-state index contributed by atoms with van der Waals surface area (Å²) in [5.41, 5.74) is 4.82. The Labute approximate surface area is 231 Å². The third kappa shape index (κ3) is 5.51. The Morgan fingerprint density at radius 1 is 0.846 bits per heavy atom. The molecule has 0 spiro atoms. The van der Waals surface area contributed by atoms with Gasteiger partial charge in [-0.2, -0.15) is 5.10 Å². The van der Waals surface area contributed by atoms with Crippen molar-refractivity contribution in [3.05, 3.63) is 95.1 Å². The molecule has 1 N–H and O–H groups in total. The number of fused-ring (bicyclic) bond motifs is 1. The van der Waals surface area contributed by atoms with Crippen molar-refractivity contribution in [3.63, 3.8) is 0 Å². The first-order valence-electron chi connectivity index (χ1n) is 12.3. The number of carbonyl (C=O) groups is 1. The maximum absolute atomic E-state index is 13.5. The molecule has 39 heavy (non-hydrogen) atoms. The van der Waals surface area contributed by atoms with Gasteiger partial charge < -0.3 is 19.5 Å².